The highest BCUT2D eigenvalue weighted by Crippen LogP contribution is 2.72. The molecule has 12 heteroatoms. The van der Waals surface area contributed by atoms with E-state index in [1.165, 1.54) is 0 Å². The minimum atomic E-state index is -1.10. The first kappa shape index (κ1) is 43.4. The Morgan fingerprint density at radius 1 is 0.565 bits per heavy atom. The van der Waals surface area contributed by atoms with Crippen LogP contribution in [0.25, 0.3) is 0 Å². The molecule has 0 aromatic rings. The Bertz CT molecular complexity index is 1820. The van der Waals surface area contributed by atoms with Crippen molar-refractivity contribution >= 4 is 24.4 Å². The molecule has 8 fully saturated rings. The molecule has 12 nitrogen and oxygen atoms in total. The lowest BCUT2D eigenvalue weighted by atomic mass is 9.41. The SMILES string of the molecule is C[C@]12CC[C@H]3C(CCC4(O)CC(O)CC[C@]34C=NCCCCN=C[C@]34CCC(O)CC3(O)CCC3[C@@H]4CC[C@]4(C)[C@H](C5=CC(=O)OC5)CCC34O)C1(O)CC[C@H]2C1=CC(=O)OC1. The minimum Gasteiger partial charge on any atom is -0.458 e. The summed E-state index contributed by atoms with van der Waals surface area (Å²) in [5, 5.41) is 72.2. The van der Waals surface area contributed by atoms with Crippen LogP contribution < -0.4 is 0 Å². The van der Waals surface area contributed by atoms with E-state index in [9.17, 15) is 40.2 Å². The van der Waals surface area contributed by atoms with Crippen molar-refractivity contribution in [2.45, 2.75) is 177 Å². The summed E-state index contributed by atoms with van der Waals surface area (Å²) in [6, 6.07) is 0. The maximum absolute atomic E-state index is 12.8. The van der Waals surface area contributed by atoms with Crippen molar-refractivity contribution in [3.05, 3.63) is 23.3 Å². The number of unbranched alkanes of at least 4 members (excludes halogenated alkanes) is 1. The fourth-order valence-corrected chi connectivity index (χ4v) is 17.6. The van der Waals surface area contributed by atoms with Crippen molar-refractivity contribution in [3.63, 3.8) is 0 Å². The third kappa shape index (κ3) is 6.03. The van der Waals surface area contributed by atoms with Crippen LogP contribution in [0.2, 0.25) is 0 Å². The van der Waals surface area contributed by atoms with E-state index in [2.05, 4.69) is 13.8 Å². The highest BCUT2D eigenvalue weighted by molar-refractivity contribution is 5.86. The van der Waals surface area contributed by atoms with Crippen LogP contribution in [0.5, 0.6) is 0 Å². The van der Waals surface area contributed by atoms with Gasteiger partial charge in [0.1, 0.15) is 13.2 Å². The molecule has 0 aromatic carbocycles. The second-order valence-corrected chi connectivity index (χ2v) is 22.8. The molecule has 0 amide bonds. The fraction of sp³-hybridized carbons (Fsp3) is 0.840. The number of hydrogen-bond acceptors (Lipinski definition) is 12. The fourth-order valence-electron chi connectivity index (χ4n) is 17.6. The summed E-state index contributed by atoms with van der Waals surface area (Å²) < 4.78 is 10.6. The topological polar surface area (TPSA) is 199 Å². The standard InChI is InChI=1S/C50H72N2O10/c1-43-13-7-37-39(49(43,59)19-11-35(43)31-23-41(55)61-27-31)9-17-47(57)25-33(53)5-15-45(37,47)29-51-21-3-4-22-52-30-46-16-6-34(54)26-48(46,58)18-10-40-38(46)8-14-44(2)36(12-20-50(40,44)60)32-24-42(56)62-28-32/h23-24,29-30,33-40,53-54,57-60H,3-22,25-28H2,1-2H3/t33?,34?,35-,36-,37-,38-,39?,40?,43+,44+,45-,46-,47?,48?,49?,50?/m0/s1. The molecule has 8 aliphatic carbocycles. The van der Waals surface area contributed by atoms with Crippen molar-refractivity contribution in [1.29, 1.82) is 0 Å². The van der Waals surface area contributed by atoms with Crippen LogP contribution in [0.3, 0.4) is 0 Å². The number of rotatable bonds is 9. The smallest absolute Gasteiger partial charge is 0.331 e. The summed E-state index contributed by atoms with van der Waals surface area (Å²) in [6.45, 7) is 6.18. The van der Waals surface area contributed by atoms with E-state index in [4.69, 9.17) is 19.5 Å². The molecule has 0 aromatic heterocycles. The van der Waals surface area contributed by atoms with Crippen LogP contribution in [0.15, 0.2) is 33.3 Å². The van der Waals surface area contributed by atoms with Crippen LogP contribution in [0, 0.1) is 57.2 Å². The Hall–Kier alpha value is -2.48. The quantitative estimate of drug-likeness (QED) is 0.100. The van der Waals surface area contributed by atoms with Gasteiger partial charge in [0.05, 0.1) is 34.6 Å². The second-order valence-electron chi connectivity index (χ2n) is 22.8. The van der Waals surface area contributed by atoms with Gasteiger partial charge in [0.2, 0.25) is 0 Å². The number of carbonyl (C=O) groups excluding carboxylic acids is 2. The van der Waals surface area contributed by atoms with E-state index in [1.54, 1.807) is 12.2 Å². The maximum Gasteiger partial charge on any atom is 0.331 e. The molecule has 0 bridgehead atoms. The summed E-state index contributed by atoms with van der Waals surface area (Å²) in [5.74, 6) is -0.373. The van der Waals surface area contributed by atoms with E-state index in [1.807, 2.05) is 12.4 Å². The zero-order chi connectivity index (χ0) is 43.6. The molecule has 2 aliphatic heterocycles. The Labute approximate surface area is 366 Å². The average molecular weight is 861 g/mol. The number of cyclic esters (lactones) is 2. The molecule has 342 valence electrons. The first-order chi connectivity index (χ1) is 29.5. The number of ether oxygens (including phenoxy) is 2. The zero-order valence-electron chi connectivity index (χ0n) is 37.1. The first-order valence-corrected chi connectivity index (χ1v) is 24.5. The highest BCUT2D eigenvalue weighted by Gasteiger charge is 2.73. The molecule has 8 unspecified atom stereocenters. The van der Waals surface area contributed by atoms with Gasteiger partial charge < -0.3 is 40.1 Å². The summed E-state index contributed by atoms with van der Waals surface area (Å²) in [7, 11) is 0. The van der Waals surface area contributed by atoms with Crippen molar-refractivity contribution < 1.29 is 49.7 Å². The van der Waals surface area contributed by atoms with Crippen molar-refractivity contribution in [2.24, 2.45) is 67.2 Å². The van der Waals surface area contributed by atoms with Crippen LogP contribution in [-0.2, 0) is 19.1 Å². The van der Waals surface area contributed by atoms with E-state index in [0.717, 1.165) is 62.5 Å². The summed E-state index contributed by atoms with van der Waals surface area (Å²) in [4.78, 5) is 34.2. The van der Waals surface area contributed by atoms with Gasteiger partial charge >= 0.3 is 11.9 Å². The monoisotopic (exact) mass is 861 g/mol. The number of esters is 2. The molecule has 16 atom stereocenters. The van der Waals surface area contributed by atoms with Crippen LogP contribution >= 0.6 is 0 Å². The Balaban J connectivity index is 0.829. The Kier molecular flexibility index (Phi) is 10.5. The van der Waals surface area contributed by atoms with Gasteiger partial charge in [-0.2, -0.15) is 0 Å². The number of carbonyl (C=O) groups is 2. The molecule has 10 rings (SSSR count). The van der Waals surface area contributed by atoms with Crippen molar-refractivity contribution in [3.8, 4) is 0 Å². The molecular formula is C50H72N2O10. The van der Waals surface area contributed by atoms with Crippen LogP contribution in [0.1, 0.15) is 142 Å². The minimum absolute atomic E-state index is 0.0156. The number of aliphatic imine (C=N–C) groups is 2. The molecule has 6 N–H and O–H groups in total. The van der Waals surface area contributed by atoms with Crippen molar-refractivity contribution in [1.82, 2.24) is 0 Å². The molecule has 0 spiro atoms. The average Bonchev–Trinajstić information content (AvgIpc) is 3.98. The molecule has 2 heterocycles. The normalized spacial score (nSPS) is 52.1. The summed E-state index contributed by atoms with van der Waals surface area (Å²) >= 11 is 0. The first-order valence-electron chi connectivity index (χ1n) is 24.5. The van der Waals surface area contributed by atoms with Crippen LogP contribution in [0.4, 0.5) is 0 Å². The molecule has 8 saturated carbocycles. The predicted octanol–water partition coefficient (Wildman–Crippen LogP) is 5.33. The number of fused-ring (bicyclic) bond motifs is 10. The highest BCUT2D eigenvalue weighted by atomic mass is 16.5. The van der Waals surface area contributed by atoms with E-state index < -0.39 is 45.4 Å². The number of nitrogens with zero attached hydrogens (tertiary/aromatic N) is 2. The molecule has 62 heavy (non-hydrogen) atoms. The Morgan fingerprint density at radius 3 is 1.35 bits per heavy atom. The van der Waals surface area contributed by atoms with E-state index in [0.29, 0.717) is 103 Å². The van der Waals surface area contributed by atoms with Crippen LogP contribution in [-0.4, -0.2) is 116 Å². The zero-order valence-corrected chi connectivity index (χ0v) is 37.1. The van der Waals surface area contributed by atoms with Gasteiger partial charge in [-0.05, 0) is 162 Å². The number of aliphatic hydroxyl groups excluding tert-OH is 2. The third-order valence-corrected chi connectivity index (χ3v) is 20.7. The van der Waals surface area contributed by atoms with Crippen molar-refractivity contribution in [2.75, 3.05) is 26.3 Å². The van der Waals surface area contributed by atoms with Gasteiger partial charge in [0.25, 0.3) is 0 Å². The van der Waals surface area contributed by atoms with Gasteiger partial charge in [-0.1, -0.05) is 13.8 Å². The lowest BCUT2D eigenvalue weighted by molar-refractivity contribution is -0.237. The van der Waals surface area contributed by atoms with Gasteiger partial charge in [0, 0.05) is 72.2 Å². The lowest BCUT2D eigenvalue weighted by Gasteiger charge is -2.65. The number of aliphatic hydroxyl groups is 6. The largest absolute Gasteiger partial charge is 0.458 e. The van der Waals surface area contributed by atoms with E-state index in [-0.39, 0.29) is 58.3 Å². The predicted molar refractivity (Wildman–Crippen MR) is 231 cm³/mol. The molecular weight excluding hydrogens is 789 g/mol. The van der Waals surface area contributed by atoms with E-state index >= 15 is 0 Å². The van der Waals surface area contributed by atoms with Gasteiger partial charge in [0.15, 0.2) is 0 Å². The second kappa shape index (κ2) is 15.0. The van der Waals surface area contributed by atoms with Gasteiger partial charge in [-0.15, -0.1) is 0 Å². The lowest BCUT2D eigenvalue weighted by Crippen LogP contribution is -2.68. The van der Waals surface area contributed by atoms with Gasteiger partial charge in [-0.3, -0.25) is 9.98 Å². The summed E-state index contributed by atoms with van der Waals surface area (Å²) in [6.07, 6.45) is 19.6. The Morgan fingerprint density at radius 2 is 0.968 bits per heavy atom. The third-order valence-electron chi connectivity index (χ3n) is 20.7. The number of hydrogen-bond donors (Lipinski definition) is 6. The molecule has 0 radical (unpaired) electrons. The molecule has 0 saturated heterocycles. The summed E-state index contributed by atoms with van der Waals surface area (Å²) in [5.41, 5.74) is -4.09. The maximum atomic E-state index is 12.8. The molecule has 10 aliphatic rings. The van der Waals surface area contributed by atoms with Gasteiger partial charge in [-0.25, -0.2) is 9.59 Å².